The summed E-state index contributed by atoms with van der Waals surface area (Å²) < 4.78 is 12.7. The van der Waals surface area contributed by atoms with Gasteiger partial charge in [0.15, 0.2) is 11.5 Å². The van der Waals surface area contributed by atoms with Crippen molar-refractivity contribution in [3.8, 4) is 17.2 Å². The molecule has 0 fully saturated rings. The first kappa shape index (κ1) is 13.5. The molecule has 4 heteroatoms. The number of benzene rings is 2. The molecule has 21 heavy (non-hydrogen) atoms. The highest BCUT2D eigenvalue weighted by atomic mass is 16.5. The van der Waals surface area contributed by atoms with Gasteiger partial charge in [-0.2, -0.15) is 5.10 Å². The Morgan fingerprint density at radius 1 is 0.905 bits per heavy atom. The Morgan fingerprint density at radius 2 is 1.52 bits per heavy atom. The largest absolute Gasteiger partial charge is 0.493 e. The van der Waals surface area contributed by atoms with Crippen LogP contribution in [0.25, 0.3) is 16.6 Å². The van der Waals surface area contributed by atoms with Gasteiger partial charge >= 0.3 is 0 Å². The summed E-state index contributed by atoms with van der Waals surface area (Å²) in [4.78, 5) is 0. The quantitative estimate of drug-likeness (QED) is 0.735. The van der Waals surface area contributed by atoms with Crippen LogP contribution in [0.2, 0.25) is 0 Å². The van der Waals surface area contributed by atoms with Crippen LogP contribution in [0.15, 0.2) is 36.4 Å². The maximum absolute atomic E-state index is 5.40. The van der Waals surface area contributed by atoms with E-state index >= 15 is 0 Å². The Balaban J connectivity index is 2.26. The number of rotatable bonds is 3. The van der Waals surface area contributed by atoms with E-state index in [9.17, 15) is 0 Å². The van der Waals surface area contributed by atoms with E-state index in [4.69, 9.17) is 9.47 Å². The molecule has 3 aromatic rings. The van der Waals surface area contributed by atoms with E-state index in [-0.39, 0.29) is 0 Å². The average Bonchev–Trinajstić information content (AvgIpc) is 2.83. The van der Waals surface area contributed by atoms with Crippen LogP contribution in [0.3, 0.4) is 0 Å². The minimum atomic E-state index is 0.707. The van der Waals surface area contributed by atoms with Gasteiger partial charge in [-0.25, -0.2) is 4.68 Å². The zero-order valence-electron chi connectivity index (χ0n) is 12.7. The molecule has 0 bridgehead atoms. The first-order valence-electron chi connectivity index (χ1n) is 6.82. The van der Waals surface area contributed by atoms with Crippen LogP contribution < -0.4 is 9.47 Å². The number of methoxy groups -OCH3 is 2. The first-order valence-corrected chi connectivity index (χ1v) is 6.82. The van der Waals surface area contributed by atoms with Crippen molar-refractivity contribution in [2.24, 2.45) is 0 Å². The third-order valence-electron chi connectivity index (χ3n) is 3.65. The highest BCUT2D eigenvalue weighted by Crippen LogP contribution is 2.34. The van der Waals surface area contributed by atoms with Crippen LogP contribution in [0.4, 0.5) is 0 Å². The van der Waals surface area contributed by atoms with Crippen LogP contribution in [0.5, 0.6) is 11.5 Å². The van der Waals surface area contributed by atoms with Crippen molar-refractivity contribution < 1.29 is 9.47 Å². The fourth-order valence-corrected chi connectivity index (χ4v) is 2.47. The van der Waals surface area contributed by atoms with Gasteiger partial charge in [0, 0.05) is 11.5 Å². The maximum atomic E-state index is 5.40. The lowest BCUT2D eigenvalue weighted by Gasteiger charge is -2.09. The fourth-order valence-electron chi connectivity index (χ4n) is 2.47. The van der Waals surface area contributed by atoms with Gasteiger partial charge in [0.1, 0.15) is 0 Å². The van der Waals surface area contributed by atoms with Gasteiger partial charge < -0.3 is 9.47 Å². The second-order valence-corrected chi connectivity index (χ2v) is 5.06. The van der Waals surface area contributed by atoms with Gasteiger partial charge in [0.2, 0.25) is 0 Å². The lowest BCUT2D eigenvalue weighted by atomic mass is 10.2. The molecule has 0 aliphatic rings. The van der Waals surface area contributed by atoms with Gasteiger partial charge in [-0.1, -0.05) is 17.7 Å². The molecule has 0 aliphatic carbocycles. The molecule has 1 heterocycles. The molecule has 4 nitrogen and oxygen atoms in total. The Kier molecular flexibility index (Phi) is 3.29. The lowest BCUT2D eigenvalue weighted by molar-refractivity contribution is 0.356. The molecule has 3 rings (SSSR count). The number of aromatic nitrogens is 2. The van der Waals surface area contributed by atoms with Crippen LogP contribution in [-0.4, -0.2) is 24.0 Å². The van der Waals surface area contributed by atoms with Crippen molar-refractivity contribution in [2.75, 3.05) is 14.2 Å². The van der Waals surface area contributed by atoms with Gasteiger partial charge in [-0.15, -0.1) is 0 Å². The smallest absolute Gasteiger partial charge is 0.162 e. The summed E-state index contributed by atoms with van der Waals surface area (Å²) in [7, 11) is 3.28. The van der Waals surface area contributed by atoms with Crippen molar-refractivity contribution in [1.29, 1.82) is 0 Å². The summed E-state index contributed by atoms with van der Waals surface area (Å²) in [5.74, 6) is 1.43. The third kappa shape index (κ3) is 2.23. The predicted octanol–water partition coefficient (Wildman–Crippen LogP) is 3.66. The number of fused-ring (bicyclic) bond motifs is 1. The molecule has 0 saturated carbocycles. The van der Waals surface area contributed by atoms with Gasteiger partial charge in [-0.05, 0) is 32.0 Å². The van der Waals surface area contributed by atoms with E-state index in [0.717, 1.165) is 28.0 Å². The topological polar surface area (TPSA) is 36.3 Å². The minimum absolute atomic E-state index is 0.707. The Hall–Kier alpha value is -2.49. The van der Waals surface area contributed by atoms with E-state index in [1.165, 1.54) is 5.56 Å². The number of nitrogens with zero attached hydrogens (tertiary/aromatic N) is 2. The number of hydrogen-bond donors (Lipinski definition) is 0. The Bertz CT molecular complexity index is 789. The Labute approximate surface area is 123 Å². The highest BCUT2D eigenvalue weighted by Gasteiger charge is 2.14. The molecule has 0 unspecified atom stereocenters. The molecule has 1 aromatic heterocycles. The zero-order valence-corrected chi connectivity index (χ0v) is 12.7. The number of ether oxygens (including phenoxy) is 2. The minimum Gasteiger partial charge on any atom is -0.493 e. The Morgan fingerprint density at radius 3 is 2.14 bits per heavy atom. The molecule has 0 N–H and O–H groups in total. The average molecular weight is 282 g/mol. The summed E-state index contributed by atoms with van der Waals surface area (Å²) >= 11 is 0. The summed E-state index contributed by atoms with van der Waals surface area (Å²) in [5, 5.41) is 5.71. The van der Waals surface area contributed by atoms with Crippen molar-refractivity contribution in [1.82, 2.24) is 9.78 Å². The van der Waals surface area contributed by atoms with Crippen LogP contribution in [-0.2, 0) is 0 Å². The predicted molar refractivity (Wildman–Crippen MR) is 83.6 cm³/mol. The standard InChI is InChI=1S/C17H18N2O2/c1-11-5-7-13(8-6-11)19-15-10-17(21-4)16(20-3)9-14(15)12(2)18-19/h5-10H,1-4H3. The molecule has 2 aromatic carbocycles. The van der Waals surface area contributed by atoms with E-state index < -0.39 is 0 Å². The second-order valence-electron chi connectivity index (χ2n) is 5.06. The third-order valence-corrected chi connectivity index (χ3v) is 3.65. The van der Waals surface area contributed by atoms with Gasteiger partial charge in [0.05, 0.1) is 31.1 Å². The van der Waals surface area contributed by atoms with E-state index in [1.54, 1.807) is 14.2 Å². The van der Waals surface area contributed by atoms with E-state index in [0.29, 0.717) is 5.75 Å². The summed E-state index contributed by atoms with van der Waals surface area (Å²) in [6, 6.07) is 12.2. The zero-order chi connectivity index (χ0) is 15.0. The molecule has 0 aliphatic heterocycles. The lowest BCUT2D eigenvalue weighted by Crippen LogP contribution is -1.97. The molecule has 0 amide bonds. The molecular weight excluding hydrogens is 264 g/mol. The molecule has 0 saturated heterocycles. The molecule has 108 valence electrons. The maximum Gasteiger partial charge on any atom is 0.162 e. The van der Waals surface area contributed by atoms with Crippen molar-refractivity contribution in [3.63, 3.8) is 0 Å². The first-order chi connectivity index (χ1) is 10.1. The fraction of sp³-hybridized carbons (Fsp3) is 0.235. The van der Waals surface area contributed by atoms with Gasteiger partial charge in [-0.3, -0.25) is 0 Å². The van der Waals surface area contributed by atoms with E-state index in [1.807, 2.05) is 23.7 Å². The highest BCUT2D eigenvalue weighted by molar-refractivity contribution is 5.86. The summed E-state index contributed by atoms with van der Waals surface area (Å²) in [6.07, 6.45) is 0. The normalized spacial score (nSPS) is 10.9. The summed E-state index contributed by atoms with van der Waals surface area (Å²) in [5.41, 5.74) is 4.23. The number of hydrogen-bond acceptors (Lipinski definition) is 3. The molecule has 0 spiro atoms. The van der Waals surface area contributed by atoms with Crippen molar-refractivity contribution in [3.05, 3.63) is 47.7 Å². The molecule has 0 radical (unpaired) electrons. The molecular formula is C17H18N2O2. The second kappa shape index (κ2) is 5.13. The van der Waals surface area contributed by atoms with E-state index in [2.05, 4.69) is 36.3 Å². The van der Waals surface area contributed by atoms with Crippen LogP contribution in [0, 0.1) is 13.8 Å². The number of aryl methyl sites for hydroxylation is 2. The van der Waals surface area contributed by atoms with Gasteiger partial charge in [0.25, 0.3) is 0 Å². The SMILES string of the molecule is COc1cc2c(C)nn(-c3ccc(C)cc3)c2cc1OC. The molecule has 0 atom stereocenters. The van der Waals surface area contributed by atoms with Crippen LogP contribution >= 0.6 is 0 Å². The van der Waals surface area contributed by atoms with Crippen molar-refractivity contribution in [2.45, 2.75) is 13.8 Å². The van der Waals surface area contributed by atoms with Crippen molar-refractivity contribution >= 4 is 10.9 Å². The summed E-state index contributed by atoms with van der Waals surface area (Å²) in [6.45, 7) is 4.07. The van der Waals surface area contributed by atoms with Crippen LogP contribution in [0.1, 0.15) is 11.3 Å². The monoisotopic (exact) mass is 282 g/mol.